The average Bonchev–Trinajstić information content (AvgIpc) is 2.34. The van der Waals surface area contributed by atoms with Crippen molar-refractivity contribution in [3.8, 4) is 0 Å². The summed E-state index contributed by atoms with van der Waals surface area (Å²) in [6.45, 7) is 6.73. The molecule has 0 radical (unpaired) electrons. The van der Waals surface area contributed by atoms with E-state index in [0.717, 1.165) is 6.07 Å². The maximum atomic E-state index is 13.2. The van der Waals surface area contributed by atoms with Gasteiger partial charge in [-0.1, -0.05) is 17.3 Å². The van der Waals surface area contributed by atoms with Crippen molar-refractivity contribution in [2.75, 3.05) is 0 Å². The zero-order valence-corrected chi connectivity index (χ0v) is 14.6. The van der Waals surface area contributed by atoms with E-state index in [4.69, 9.17) is 11.2 Å². The first-order chi connectivity index (χ1) is 10.3. The minimum absolute atomic E-state index is 0.305. The monoisotopic (exact) mass is 379 g/mol. The predicted octanol–water partition coefficient (Wildman–Crippen LogP) is 6.02. The zero-order chi connectivity index (χ0) is 18.2. The molecule has 0 aliphatic rings. The topological polar surface area (TPSA) is 3.24 Å². The Morgan fingerprint density at radius 2 is 1.22 bits per heavy atom. The molecule has 1 aromatic rings. The Hall–Kier alpha value is -0.520. The summed E-state index contributed by atoms with van der Waals surface area (Å²) in [5.74, 6) is 0. The number of rotatable bonds is 4. The molecule has 132 valence electrons. The van der Waals surface area contributed by atoms with Gasteiger partial charge in [-0.15, -0.1) is 0 Å². The summed E-state index contributed by atoms with van der Waals surface area (Å²) < 4.78 is 80.7. The Morgan fingerprint density at radius 3 is 1.48 bits per heavy atom. The second-order valence-corrected chi connectivity index (χ2v) is 7.91. The van der Waals surface area contributed by atoms with Gasteiger partial charge < -0.3 is 0 Å². The largest absolute Gasteiger partial charge is 0.417 e. The lowest BCUT2D eigenvalue weighted by molar-refractivity contribution is -0.141. The van der Waals surface area contributed by atoms with Gasteiger partial charge in [0.25, 0.3) is 0 Å². The van der Waals surface area contributed by atoms with Crippen molar-refractivity contribution in [2.24, 2.45) is 0 Å². The molecular weight excluding hydrogens is 363 g/mol. The second kappa shape index (κ2) is 7.16. The molecule has 1 aromatic carbocycles. The highest BCUT2D eigenvalue weighted by Gasteiger charge is 2.44. The van der Waals surface area contributed by atoms with Gasteiger partial charge in [-0.25, -0.2) is 0 Å². The molecule has 9 heteroatoms. The van der Waals surface area contributed by atoms with Crippen molar-refractivity contribution in [3.05, 3.63) is 29.3 Å². The third kappa shape index (κ3) is 4.74. The van der Waals surface area contributed by atoms with Gasteiger partial charge in [0.1, 0.15) is 0 Å². The van der Waals surface area contributed by atoms with E-state index in [1.807, 2.05) is 0 Å². The van der Waals surface area contributed by atoms with Gasteiger partial charge in [-0.3, -0.25) is 4.67 Å². The molecule has 23 heavy (non-hydrogen) atoms. The van der Waals surface area contributed by atoms with Crippen LogP contribution in [0.3, 0.4) is 0 Å². The van der Waals surface area contributed by atoms with Crippen LogP contribution >= 0.6 is 18.7 Å². The van der Waals surface area contributed by atoms with Crippen LogP contribution in [0.5, 0.6) is 0 Å². The second-order valence-electron chi connectivity index (χ2n) is 5.52. The van der Waals surface area contributed by atoms with E-state index in [1.165, 1.54) is 4.67 Å². The van der Waals surface area contributed by atoms with Gasteiger partial charge in [-0.2, -0.15) is 26.3 Å². The molecular formula is C14H17ClF6NP. The van der Waals surface area contributed by atoms with E-state index >= 15 is 0 Å². The quantitative estimate of drug-likeness (QED) is 0.457. The Bertz CT molecular complexity index is 501. The first kappa shape index (κ1) is 20.5. The van der Waals surface area contributed by atoms with Crippen molar-refractivity contribution < 1.29 is 26.3 Å². The van der Waals surface area contributed by atoms with Crippen LogP contribution in [0, 0.1) is 0 Å². The molecule has 1 unspecified atom stereocenters. The molecule has 1 atom stereocenters. The number of hydrogen-bond donors (Lipinski definition) is 0. The summed E-state index contributed by atoms with van der Waals surface area (Å²) in [4.78, 5) is 0. The molecule has 1 rings (SSSR count). The van der Waals surface area contributed by atoms with Crippen LogP contribution in [-0.4, -0.2) is 16.8 Å². The first-order valence-electron chi connectivity index (χ1n) is 6.80. The lowest BCUT2D eigenvalue weighted by Crippen LogP contribution is -2.37. The van der Waals surface area contributed by atoms with Gasteiger partial charge in [-0.05, 0) is 39.8 Å². The van der Waals surface area contributed by atoms with Gasteiger partial charge in [0.05, 0.1) is 18.6 Å². The van der Waals surface area contributed by atoms with Crippen molar-refractivity contribution >= 4 is 24.0 Å². The van der Waals surface area contributed by atoms with Crippen LogP contribution in [0.15, 0.2) is 18.2 Å². The van der Waals surface area contributed by atoms with Crippen LogP contribution in [0.1, 0.15) is 38.8 Å². The molecule has 0 saturated carbocycles. The number of halogens is 7. The first-order valence-corrected chi connectivity index (χ1v) is 9.00. The fourth-order valence-electron chi connectivity index (χ4n) is 2.32. The molecule has 0 aliphatic heterocycles. The Balaban J connectivity index is 3.65. The number of alkyl halides is 6. The van der Waals surface area contributed by atoms with Crippen LogP contribution in [0.4, 0.5) is 26.3 Å². The summed E-state index contributed by atoms with van der Waals surface area (Å²) in [6, 6.07) is 1.42. The summed E-state index contributed by atoms with van der Waals surface area (Å²) in [5.41, 5.74) is -2.67. The highest BCUT2D eigenvalue weighted by Crippen LogP contribution is 2.52. The molecule has 0 spiro atoms. The molecule has 0 amide bonds. The molecule has 0 saturated heterocycles. The average molecular weight is 380 g/mol. The van der Waals surface area contributed by atoms with E-state index in [9.17, 15) is 26.3 Å². The van der Waals surface area contributed by atoms with Crippen LogP contribution < -0.4 is 5.30 Å². The standard InChI is InChI=1S/C14H17ClF6NP/c1-8(2)22(9(3)4)23(15)12-10(13(16,17)18)6-5-7-11(12)14(19,20)21/h5-9H,1-4H3. The fourth-order valence-corrected chi connectivity index (χ4v) is 5.75. The van der Waals surface area contributed by atoms with Crippen molar-refractivity contribution in [1.29, 1.82) is 0 Å². The molecule has 0 fully saturated rings. The van der Waals surface area contributed by atoms with Crippen molar-refractivity contribution in [3.63, 3.8) is 0 Å². The lowest BCUT2D eigenvalue weighted by Gasteiger charge is -2.36. The van der Waals surface area contributed by atoms with Gasteiger partial charge in [0, 0.05) is 17.4 Å². The van der Waals surface area contributed by atoms with Crippen LogP contribution in [0.25, 0.3) is 0 Å². The van der Waals surface area contributed by atoms with Gasteiger partial charge in [0.2, 0.25) is 0 Å². The number of nitrogens with zero attached hydrogens (tertiary/aromatic N) is 1. The number of hydrogen-bond acceptors (Lipinski definition) is 1. The van der Waals surface area contributed by atoms with E-state index in [-0.39, 0.29) is 12.1 Å². The van der Waals surface area contributed by atoms with Gasteiger partial charge >= 0.3 is 12.4 Å². The zero-order valence-electron chi connectivity index (χ0n) is 12.9. The SMILES string of the molecule is CC(C)N(C(C)C)P(Cl)c1c(C(F)(F)F)cccc1C(F)(F)F. The molecule has 0 heterocycles. The summed E-state index contributed by atoms with van der Waals surface area (Å²) in [7, 11) is -2.32. The van der Waals surface area contributed by atoms with E-state index in [0.29, 0.717) is 12.1 Å². The molecule has 0 N–H and O–H groups in total. The Morgan fingerprint density at radius 1 is 0.870 bits per heavy atom. The summed E-state index contributed by atoms with van der Waals surface area (Å²) in [5, 5.41) is -0.883. The minimum atomic E-state index is -4.91. The van der Waals surface area contributed by atoms with Crippen molar-refractivity contribution in [2.45, 2.75) is 52.1 Å². The predicted molar refractivity (Wildman–Crippen MR) is 81.0 cm³/mol. The Labute approximate surface area is 137 Å². The van der Waals surface area contributed by atoms with E-state index in [2.05, 4.69) is 0 Å². The van der Waals surface area contributed by atoms with E-state index < -0.39 is 36.2 Å². The van der Waals surface area contributed by atoms with Crippen LogP contribution in [0.2, 0.25) is 0 Å². The number of benzene rings is 1. The summed E-state index contributed by atoms with van der Waals surface area (Å²) in [6.07, 6.45) is -9.82. The Kier molecular flexibility index (Phi) is 6.39. The van der Waals surface area contributed by atoms with E-state index in [1.54, 1.807) is 27.7 Å². The normalized spacial score (nSPS) is 14.9. The highest BCUT2D eigenvalue weighted by molar-refractivity contribution is 7.88. The molecule has 1 nitrogen and oxygen atoms in total. The fraction of sp³-hybridized carbons (Fsp3) is 0.571. The summed E-state index contributed by atoms with van der Waals surface area (Å²) >= 11 is 6.18. The molecule has 0 aliphatic carbocycles. The molecule has 0 bridgehead atoms. The van der Waals surface area contributed by atoms with Crippen LogP contribution in [-0.2, 0) is 12.4 Å². The lowest BCUT2D eigenvalue weighted by atomic mass is 10.1. The highest BCUT2D eigenvalue weighted by atomic mass is 35.7. The smallest absolute Gasteiger partial charge is 0.261 e. The maximum absolute atomic E-state index is 13.2. The molecule has 0 aromatic heterocycles. The third-order valence-electron chi connectivity index (χ3n) is 3.09. The third-order valence-corrected chi connectivity index (χ3v) is 6.30. The van der Waals surface area contributed by atoms with Gasteiger partial charge in [0.15, 0.2) is 0 Å². The minimum Gasteiger partial charge on any atom is -0.261 e. The maximum Gasteiger partial charge on any atom is 0.417 e. The van der Waals surface area contributed by atoms with Crippen molar-refractivity contribution in [1.82, 2.24) is 4.67 Å².